The van der Waals surface area contributed by atoms with Crippen LogP contribution >= 0.6 is 11.3 Å². The van der Waals surface area contributed by atoms with Crippen molar-refractivity contribution in [3.8, 4) is 0 Å². The Balaban J connectivity index is 1.45. The second-order valence-electron chi connectivity index (χ2n) is 7.14. The fraction of sp³-hybridized carbons (Fsp3) is 0.789. The summed E-state index contributed by atoms with van der Waals surface area (Å²) in [5, 5.41) is 10.2. The Kier molecular flexibility index (Phi) is 7.55. The summed E-state index contributed by atoms with van der Waals surface area (Å²) < 4.78 is 0. The van der Waals surface area contributed by atoms with E-state index in [4.69, 9.17) is 9.98 Å². The van der Waals surface area contributed by atoms with Crippen LogP contribution in [0, 0.1) is 0 Å². The van der Waals surface area contributed by atoms with Crippen molar-refractivity contribution in [3.63, 3.8) is 0 Å². The molecule has 7 heteroatoms. The maximum Gasteiger partial charge on any atom is 0.191 e. The molecule has 0 bridgehead atoms. The fourth-order valence-corrected chi connectivity index (χ4v) is 4.74. The Bertz CT molecular complexity index is 566. The lowest BCUT2D eigenvalue weighted by Crippen LogP contribution is -2.40. The lowest BCUT2D eigenvalue weighted by molar-refractivity contribution is 0.273. The highest BCUT2D eigenvalue weighted by molar-refractivity contribution is 7.13. The molecule has 26 heavy (non-hydrogen) atoms. The third-order valence-corrected chi connectivity index (χ3v) is 6.25. The molecule has 2 N–H and O–H groups in total. The SMILES string of the molecule is CCNC(=NCC1CCCN1CC)NCCc1csc(N2CCCC2)n1. The number of likely N-dealkylation sites (tertiary alicyclic amines) is 1. The number of rotatable bonds is 8. The van der Waals surface area contributed by atoms with Gasteiger partial charge in [-0.2, -0.15) is 0 Å². The molecule has 1 aromatic heterocycles. The highest BCUT2D eigenvalue weighted by Gasteiger charge is 2.22. The number of nitrogens with one attached hydrogen (secondary N) is 2. The van der Waals surface area contributed by atoms with Crippen LogP contribution in [0.3, 0.4) is 0 Å². The number of aromatic nitrogens is 1. The Morgan fingerprint density at radius 2 is 2.08 bits per heavy atom. The van der Waals surface area contributed by atoms with Crippen molar-refractivity contribution in [2.24, 2.45) is 4.99 Å². The molecule has 1 atom stereocenters. The third-order valence-electron chi connectivity index (χ3n) is 5.30. The van der Waals surface area contributed by atoms with Gasteiger partial charge in [0.2, 0.25) is 0 Å². The van der Waals surface area contributed by atoms with Crippen LogP contribution in [0.25, 0.3) is 0 Å². The molecule has 3 heterocycles. The van der Waals surface area contributed by atoms with Crippen LogP contribution < -0.4 is 15.5 Å². The third kappa shape index (κ3) is 5.33. The van der Waals surface area contributed by atoms with Crippen LogP contribution in [-0.4, -0.2) is 67.7 Å². The van der Waals surface area contributed by atoms with Crippen LogP contribution in [0.15, 0.2) is 10.4 Å². The van der Waals surface area contributed by atoms with Crippen LogP contribution in [0.4, 0.5) is 5.13 Å². The zero-order valence-electron chi connectivity index (χ0n) is 16.3. The van der Waals surface area contributed by atoms with E-state index in [0.717, 1.165) is 38.6 Å². The van der Waals surface area contributed by atoms with Gasteiger partial charge in [0.25, 0.3) is 0 Å². The summed E-state index contributed by atoms with van der Waals surface area (Å²) in [6.45, 7) is 11.7. The molecule has 146 valence electrons. The van der Waals surface area contributed by atoms with Gasteiger partial charge in [0.15, 0.2) is 11.1 Å². The smallest absolute Gasteiger partial charge is 0.191 e. The van der Waals surface area contributed by atoms with E-state index in [1.165, 1.54) is 56.1 Å². The van der Waals surface area contributed by atoms with Crippen molar-refractivity contribution in [3.05, 3.63) is 11.1 Å². The Labute approximate surface area is 162 Å². The Morgan fingerprint density at radius 3 is 2.85 bits per heavy atom. The highest BCUT2D eigenvalue weighted by atomic mass is 32.1. The summed E-state index contributed by atoms with van der Waals surface area (Å²) in [5.41, 5.74) is 1.19. The van der Waals surface area contributed by atoms with Crippen LogP contribution in [-0.2, 0) is 6.42 Å². The Hall–Kier alpha value is -1.34. The van der Waals surface area contributed by atoms with Crippen LogP contribution in [0.2, 0.25) is 0 Å². The van der Waals surface area contributed by atoms with Gasteiger partial charge in [-0.15, -0.1) is 11.3 Å². The number of anilines is 1. The maximum absolute atomic E-state index is 4.82. The summed E-state index contributed by atoms with van der Waals surface area (Å²) in [6.07, 6.45) is 6.13. The molecule has 0 saturated carbocycles. The zero-order valence-corrected chi connectivity index (χ0v) is 17.2. The molecule has 0 spiro atoms. The molecule has 0 aromatic carbocycles. The number of likely N-dealkylation sites (N-methyl/N-ethyl adjacent to an activating group) is 1. The van der Waals surface area contributed by atoms with Gasteiger partial charge >= 0.3 is 0 Å². The molecule has 2 aliphatic rings. The summed E-state index contributed by atoms with van der Waals surface area (Å²) in [7, 11) is 0. The van der Waals surface area contributed by atoms with Gasteiger partial charge in [0.05, 0.1) is 12.2 Å². The van der Waals surface area contributed by atoms with Crippen molar-refractivity contribution in [2.75, 3.05) is 50.7 Å². The van der Waals surface area contributed by atoms with Gasteiger partial charge < -0.3 is 15.5 Å². The molecule has 0 aliphatic carbocycles. The van der Waals surface area contributed by atoms with E-state index >= 15 is 0 Å². The molecule has 1 aromatic rings. The number of guanidine groups is 1. The molecule has 1 unspecified atom stereocenters. The minimum absolute atomic E-state index is 0.608. The number of nitrogens with zero attached hydrogens (tertiary/aromatic N) is 4. The fourth-order valence-electron chi connectivity index (χ4n) is 3.83. The average Bonchev–Trinajstić information content (AvgIpc) is 3.40. The lowest BCUT2D eigenvalue weighted by atomic mass is 10.2. The van der Waals surface area contributed by atoms with Crippen LogP contribution in [0.5, 0.6) is 0 Å². The largest absolute Gasteiger partial charge is 0.357 e. The molecule has 3 rings (SSSR count). The van der Waals surface area contributed by atoms with E-state index < -0.39 is 0 Å². The van der Waals surface area contributed by atoms with Crippen molar-refractivity contribution in [2.45, 2.75) is 52.0 Å². The Morgan fingerprint density at radius 1 is 1.23 bits per heavy atom. The van der Waals surface area contributed by atoms with E-state index in [9.17, 15) is 0 Å². The summed E-state index contributed by atoms with van der Waals surface area (Å²) in [5.74, 6) is 0.936. The zero-order chi connectivity index (χ0) is 18.2. The van der Waals surface area contributed by atoms with Crippen molar-refractivity contribution in [1.29, 1.82) is 0 Å². The predicted molar refractivity (Wildman–Crippen MR) is 112 cm³/mol. The monoisotopic (exact) mass is 378 g/mol. The molecular weight excluding hydrogens is 344 g/mol. The van der Waals surface area contributed by atoms with Gasteiger partial charge in [-0.25, -0.2) is 4.98 Å². The molecule has 0 amide bonds. The number of aliphatic imine (C=N–C) groups is 1. The summed E-state index contributed by atoms with van der Waals surface area (Å²) in [6, 6.07) is 0.608. The van der Waals surface area contributed by atoms with E-state index in [0.29, 0.717) is 6.04 Å². The van der Waals surface area contributed by atoms with E-state index in [1.54, 1.807) is 11.3 Å². The second-order valence-corrected chi connectivity index (χ2v) is 7.97. The summed E-state index contributed by atoms with van der Waals surface area (Å²) in [4.78, 5) is 14.6. The van der Waals surface area contributed by atoms with Crippen LogP contribution in [0.1, 0.15) is 45.2 Å². The molecule has 6 nitrogen and oxygen atoms in total. The minimum Gasteiger partial charge on any atom is -0.357 e. The predicted octanol–water partition coefficient (Wildman–Crippen LogP) is 2.33. The molecular formula is C19H34N6S. The lowest BCUT2D eigenvalue weighted by Gasteiger charge is -2.21. The first-order valence-corrected chi connectivity index (χ1v) is 11.1. The van der Waals surface area contributed by atoms with E-state index in [1.807, 2.05) is 0 Å². The molecule has 2 fully saturated rings. The second kappa shape index (κ2) is 10.1. The van der Waals surface area contributed by atoms with Gasteiger partial charge in [0.1, 0.15) is 0 Å². The van der Waals surface area contributed by atoms with E-state index in [2.05, 4.69) is 39.7 Å². The number of thiazole rings is 1. The maximum atomic E-state index is 4.82. The number of hydrogen-bond acceptors (Lipinski definition) is 5. The van der Waals surface area contributed by atoms with Crippen molar-refractivity contribution in [1.82, 2.24) is 20.5 Å². The first-order chi connectivity index (χ1) is 12.8. The molecule has 2 saturated heterocycles. The summed E-state index contributed by atoms with van der Waals surface area (Å²) >= 11 is 1.78. The normalized spacial score (nSPS) is 21.5. The first-order valence-electron chi connectivity index (χ1n) is 10.3. The van der Waals surface area contributed by atoms with Crippen molar-refractivity contribution >= 4 is 22.4 Å². The quantitative estimate of drug-likeness (QED) is 0.537. The van der Waals surface area contributed by atoms with Gasteiger partial charge in [0, 0.05) is 44.0 Å². The first kappa shape index (κ1) is 19.4. The standard InChI is InChI=1S/C19H34N6S/c1-3-20-18(22-14-17-8-7-13-24(17)4-2)21-10-9-16-15-26-19(23-16)25-11-5-6-12-25/h15,17H,3-14H2,1-2H3,(H2,20,21,22). The molecule has 0 radical (unpaired) electrons. The topological polar surface area (TPSA) is 55.8 Å². The number of hydrogen-bond donors (Lipinski definition) is 2. The van der Waals surface area contributed by atoms with Gasteiger partial charge in [-0.05, 0) is 45.7 Å². The highest BCUT2D eigenvalue weighted by Crippen LogP contribution is 2.24. The van der Waals surface area contributed by atoms with Crippen molar-refractivity contribution < 1.29 is 0 Å². The minimum atomic E-state index is 0.608. The van der Waals surface area contributed by atoms with E-state index in [-0.39, 0.29) is 0 Å². The van der Waals surface area contributed by atoms with Gasteiger partial charge in [-0.3, -0.25) is 9.89 Å². The molecule has 2 aliphatic heterocycles. The van der Waals surface area contributed by atoms with Gasteiger partial charge in [-0.1, -0.05) is 6.92 Å². The average molecular weight is 379 g/mol.